The Labute approximate surface area is 132 Å². The number of carbonyl (C=O) groups excluding carboxylic acids is 1. The molecule has 0 unspecified atom stereocenters. The first-order valence-corrected chi connectivity index (χ1v) is 7.44. The topological polar surface area (TPSA) is 66.9 Å². The van der Waals surface area contributed by atoms with Crippen LogP contribution in [-0.2, 0) is 0 Å². The molecule has 2 aromatic rings. The maximum atomic E-state index is 12.4. The Morgan fingerprint density at radius 1 is 1.24 bits per heavy atom. The van der Waals surface area contributed by atoms with Crippen LogP contribution in [0.15, 0.2) is 29.0 Å². The van der Waals surface area contributed by atoms with Gasteiger partial charge in [0.15, 0.2) is 0 Å². The second-order valence-electron chi connectivity index (χ2n) is 4.67. The number of nitrogens with zero attached hydrogens (tertiary/aromatic N) is 2. The zero-order valence-corrected chi connectivity index (χ0v) is 13.8. The molecule has 2 rings (SSSR count). The van der Waals surface area contributed by atoms with Crippen molar-refractivity contribution in [3.05, 3.63) is 45.8 Å². The zero-order valence-electron chi connectivity index (χ0n) is 12.2. The maximum Gasteiger partial charge on any atom is 0.260 e. The van der Waals surface area contributed by atoms with Gasteiger partial charge in [-0.25, -0.2) is 4.98 Å². The number of nitrogens with one attached hydrogen (secondary N) is 2. The first-order chi connectivity index (χ1) is 10.0. The van der Waals surface area contributed by atoms with E-state index in [4.69, 9.17) is 0 Å². The minimum atomic E-state index is -0.229. The molecule has 2 aromatic heterocycles. The SMILES string of the molecule is CCNc1cc(C)ncc1C(=O)Nc1cc(C)c(Br)cn1. The summed E-state index contributed by atoms with van der Waals surface area (Å²) in [6, 6.07) is 3.68. The third kappa shape index (κ3) is 3.78. The Morgan fingerprint density at radius 2 is 2.00 bits per heavy atom. The largest absolute Gasteiger partial charge is 0.385 e. The highest BCUT2D eigenvalue weighted by Gasteiger charge is 2.13. The lowest BCUT2D eigenvalue weighted by Crippen LogP contribution is -2.16. The molecule has 0 aliphatic heterocycles. The van der Waals surface area contributed by atoms with Crippen LogP contribution in [0.4, 0.5) is 11.5 Å². The van der Waals surface area contributed by atoms with Crippen molar-refractivity contribution in [2.24, 2.45) is 0 Å². The molecule has 0 spiro atoms. The van der Waals surface area contributed by atoms with Crippen molar-refractivity contribution in [2.75, 3.05) is 17.2 Å². The number of amides is 1. The van der Waals surface area contributed by atoms with Crippen molar-refractivity contribution >= 4 is 33.3 Å². The van der Waals surface area contributed by atoms with Crippen molar-refractivity contribution < 1.29 is 4.79 Å². The number of halogens is 1. The van der Waals surface area contributed by atoms with Gasteiger partial charge in [0.05, 0.1) is 11.3 Å². The first-order valence-electron chi connectivity index (χ1n) is 6.65. The van der Waals surface area contributed by atoms with Crippen molar-refractivity contribution in [1.82, 2.24) is 9.97 Å². The highest BCUT2D eigenvalue weighted by atomic mass is 79.9. The average Bonchev–Trinajstić information content (AvgIpc) is 2.43. The van der Waals surface area contributed by atoms with E-state index in [0.717, 1.165) is 28.0 Å². The minimum absolute atomic E-state index is 0.229. The van der Waals surface area contributed by atoms with E-state index >= 15 is 0 Å². The molecular formula is C15H17BrN4O. The van der Waals surface area contributed by atoms with E-state index in [1.165, 1.54) is 0 Å². The molecule has 0 fully saturated rings. The lowest BCUT2D eigenvalue weighted by molar-refractivity contribution is 0.102. The van der Waals surface area contributed by atoms with Gasteiger partial charge in [0, 0.05) is 29.1 Å². The van der Waals surface area contributed by atoms with Crippen LogP contribution in [0.25, 0.3) is 0 Å². The molecule has 0 saturated carbocycles. The van der Waals surface area contributed by atoms with E-state index in [-0.39, 0.29) is 5.91 Å². The molecule has 0 aliphatic rings. The van der Waals surface area contributed by atoms with Gasteiger partial charge in [0.25, 0.3) is 5.91 Å². The van der Waals surface area contributed by atoms with Crippen LogP contribution in [-0.4, -0.2) is 22.4 Å². The Kier molecular flexibility index (Phi) is 4.90. The second kappa shape index (κ2) is 6.67. The summed E-state index contributed by atoms with van der Waals surface area (Å²) in [5.74, 6) is 0.288. The molecule has 0 aromatic carbocycles. The summed E-state index contributed by atoms with van der Waals surface area (Å²) in [6.07, 6.45) is 3.25. The van der Waals surface area contributed by atoms with Crippen molar-refractivity contribution in [2.45, 2.75) is 20.8 Å². The number of hydrogen-bond acceptors (Lipinski definition) is 4. The zero-order chi connectivity index (χ0) is 15.4. The van der Waals surface area contributed by atoms with Gasteiger partial charge in [-0.2, -0.15) is 0 Å². The molecule has 21 heavy (non-hydrogen) atoms. The summed E-state index contributed by atoms with van der Waals surface area (Å²) >= 11 is 3.39. The molecule has 0 atom stereocenters. The Morgan fingerprint density at radius 3 is 2.67 bits per heavy atom. The lowest BCUT2D eigenvalue weighted by Gasteiger charge is -2.11. The van der Waals surface area contributed by atoms with Crippen molar-refractivity contribution in [3.8, 4) is 0 Å². The summed E-state index contributed by atoms with van der Waals surface area (Å²) in [6.45, 7) is 6.55. The molecule has 5 nitrogen and oxygen atoms in total. The fourth-order valence-electron chi connectivity index (χ4n) is 1.87. The molecule has 0 saturated heterocycles. The Hall–Kier alpha value is -1.95. The highest BCUT2D eigenvalue weighted by Crippen LogP contribution is 2.20. The monoisotopic (exact) mass is 348 g/mol. The van der Waals surface area contributed by atoms with E-state index in [1.807, 2.05) is 32.9 Å². The van der Waals surface area contributed by atoms with Gasteiger partial charge in [0.1, 0.15) is 5.82 Å². The molecule has 0 aliphatic carbocycles. The number of aromatic nitrogens is 2. The summed E-state index contributed by atoms with van der Waals surface area (Å²) in [4.78, 5) is 20.7. The third-order valence-corrected chi connectivity index (χ3v) is 3.77. The van der Waals surface area contributed by atoms with E-state index in [0.29, 0.717) is 11.4 Å². The molecule has 110 valence electrons. The Balaban J connectivity index is 2.25. The fraction of sp³-hybridized carbons (Fsp3) is 0.267. The second-order valence-corrected chi connectivity index (χ2v) is 5.53. The predicted molar refractivity (Wildman–Crippen MR) is 87.8 cm³/mol. The van der Waals surface area contributed by atoms with Gasteiger partial charge < -0.3 is 10.6 Å². The maximum absolute atomic E-state index is 12.4. The first kappa shape index (κ1) is 15.4. The molecule has 1 amide bonds. The third-order valence-electron chi connectivity index (χ3n) is 2.94. The van der Waals surface area contributed by atoms with Gasteiger partial charge in [-0.05, 0) is 54.4 Å². The van der Waals surface area contributed by atoms with Crippen LogP contribution in [0.2, 0.25) is 0 Å². The predicted octanol–water partition coefficient (Wildman–Crippen LogP) is 3.54. The molecule has 0 radical (unpaired) electrons. The van der Waals surface area contributed by atoms with E-state index < -0.39 is 0 Å². The number of hydrogen-bond donors (Lipinski definition) is 2. The van der Waals surface area contributed by atoms with E-state index in [1.54, 1.807) is 12.4 Å². The molecule has 2 heterocycles. The average molecular weight is 349 g/mol. The molecule has 6 heteroatoms. The van der Waals surface area contributed by atoms with Crippen molar-refractivity contribution in [3.63, 3.8) is 0 Å². The number of pyridine rings is 2. The summed E-state index contributed by atoms with van der Waals surface area (Å²) in [7, 11) is 0. The smallest absolute Gasteiger partial charge is 0.260 e. The number of aryl methyl sites for hydroxylation is 2. The summed E-state index contributed by atoms with van der Waals surface area (Å²) < 4.78 is 0.908. The lowest BCUT2D eigenvalue weighted by atomic mass is 10.2. The normalized spacial score (nSPS) is 10.3. The molecule has 0 bridgehead atoms. The van der Waals surface area contributed by atoms with Gasteiger partial charge in [-0.3, -0.25) is 9.78 Å². The van der Waals surface area contributed by atoms with Crippen molar-refractivity contribution in [1.29, 1.82) is 0 Å². The van der Waals surface area contributed by atoms with E-state index in [2.05, 4.69) is 36.5 Å². The number of rotatable bonds is 4. The van der Waals surface area contributed by atoms with Gasteiger partial charge in [-0.15, -0.1) is 0 Å². The van der Waals surface area contributed by atoms with Crippen LogP contribution < -0.4 is 10.6 Å². The number of anilines is 2. The summed E-state index contributed by atoms with van der Waals surface area (Å²) in [5, 5.41) is 5.97. The fourth-order valence-corrected chi connectivity index (χ4v) is 2.09. The van der Waals surface area contributed by atoms with Crippen LogP contribution in [0.3, 0.4) is 0 Å². The van der Waals surface area contributed by atoms with E-state index in [9.17, 15) is 4.79 Å². The van der Waals surface area contributed by atoms with Crippen LogP contribution in [0.1, 0.15) is 28.5 Å². The van der Waals surface area contributed by atoms with Gasteiger partial charge in [0.2, 0.25) is 0 Å². The van der Waals surface area contributed by atoms with Crippen LogP contribution in [0.5, 0.6) is 0 Å². The summed E-state index contributed by atoms with van der Waals surface area (Å²) in [5.41, 5.74) is 3.15. The standard InChI is InChI=1S/C15H17BrN4O/c1-4-17-13-6-10(3)18-7-11(13)15(21)20-14-5-9(2)12(16)8-19-14/h5-8H,4H2,1-3H3,(H,17,18)(H,19,20,21). The molecule has 2 N–H and O–H groups in total. The van der Waals surface area contributed by atoms with Gasteiger partial charge in [-0.1, -0.05) is 0 Å². The van der Waals surface area contributed by atoms with Gasteiger partial charge >= 0.3 is 0 Å². The van der Waals surface area contributed by atoms with Crippen LogP contribution in [0, 0.1) is 13.8 Å². The molecular weight excluding hydrogens is 332 g/mol. The quantitative estimate of drug-likeness (QED) is 0.886. The van der Waals surface area contributed by atoms with Crippen LogP contribution >= 0.6 is 15.9 Å². The highest BCUT2D eigenvalue weighted by molar-refractivity contribution is 9.10. The minimum Gasteiger partial charge on any atom is -0.385 e. The number of carbonyl (C=O) groups is 1. The Bertz CT molecular complexity index is 673.